The van der Waals surface area contributed by atoms with E-state index in [-0.39, 0.29) is 0 Å². The van der Waals surface area contributed by atoms with Crippen molar-refractivity contribution >= 4 is 0 Å². The van der Waals surface area contributed by atoms with Gasteiger partial charge in [0.2, 0.25) is 0 Å². The molecule has 0 rings (SSSR count). The minimum absolute atomic E-state index is 1.25. The number of nitrogens with one attached hydrogen (secondary N) is 1. The molecule has 0 aromatic rings. The summed E-state index contributed by atoms with van der Waals surface area (Å²) in [5.41, 5.74) is 4.50. The van der Waals surface area contributed by atoms with Crippen molar-refractivity contribution in [2.24, 2.45) is 11.2 Å². The highest BCUT2D eigenvalue weighted by Gasteiger charge is 1.18. The second-order valence-corrected chi connectivity index (χ2v) is 0.0816. The van der Waals surface area contributed by atoms with Crippen LogP contribution in [0.1, 0.15) is 0 Å². The van der Waals surface area contributed by atoms with Crippen LogP contribution in [0.2, 0.25) is 0 Å². The zero-order valence-corrected chi connectivity index (χ0v) is 3.24. The van der Waals surface area contributed by atoms with Gasteiger partial charge in [0.1, 0.15) is 0 Å². The molecule has 7 nitrogen and oxygen atoms in total. The molecule has 0 radical (unpaired) electrons. The SMILES string of the molecule is N=O.NO.O=NO. The van der Waals surface area contributed by atoms with Gasteiger partial charge < -0.3 is 10.4 Å². The van der Waals surface area contributed by atoms with Crippen LogP contribution in [0.25, 0.3) is 0 Å². The van der Waals surface area contributed by atoms with Gasteiger partial charge in [-0.15, -0.1) is 4.91 Å². The highest BCUT2D eigenvalue weighted by molar-refractivity contribution is 3.83. The molecule has 0 aliphatic rings. The highest BCUT2D eigenvalue weighted by atomic mass is 16.6. The van der Waals surface area contributed by atoms with Gasteiger partial charge in [0, 0.05) is 0 Å². The third-order valence-corrected chi connectivity index (χ3v) is 0. The zero-order chi connectivity index (χ0) is 6.71. The lowest BCUT2D eigenvalue weighted by molar-refractivity contribution is 0.311. The normalized spacial score (nSPS) is 3.14. The van der Waals surface area contributed by atoms with Crippen molar-refractivity contribution in [3.63, 3.8) is 0 Å². The Labute approximate surface area is 38.4 Å². The van der Waals surface area contributed by atoms with E-state index in [1.165, 1.54) is 5.34 Å². The van der Waals surface area contributed by atoms with Crippen molar-refractivity contribution in [3.05, 3.63) is 9.81 Å². The molecule has 0 heterocycles. The van der Waals surface area contributed by atoms with E-state index in [1.807, 2.05) is 0 Å². The molecular formula is H5N3O4. The van der Waals surface area contributed by atoms with Crippen LogP contribution in [0.4, 0.5) is 0 Å². The number of rotatable bonds is 0. The van der Waals surface area contributed by atoms with Gasteiger partial charge in [0.05, 0.1) is 0 Å². The van der Waals surface area contributed by atoms with E-state index in [1.54, 1.807) is 0 Å². The lowest BCUT2D eigenvalue weighted by Gasteiger charge is -1.32. The van der Waals surface area contributed by atoms with Crippen LogP contribution in [0.3, 0.4) is 0 Å². The smallest absolute Gasteiger partial charge is 0.152 e. The van der Waals surface area contributed by atoms with Crippen molar-refractivity contribution in [2.45, 2.75) is 0 Å². The fourth-order valence-corrected chi connectivity index (χ4v) is 0. The van der Waals surface area contributed by atoms with E-state index in [0.717, 1.165) is 0 Å². The quantitative estimate of drug-likeness (QED) is 0.253. The van der Waals surface area contributed by atoms with Crippen molar-refractivity contribution in [3.8, 4) is 0 Å². The van der Waals surface area contributed by atoms with Crippen molar-refractivity contribution in [1.82, 2.24) is 0 Å². The van der Waals surface area contributed by atoms with Crippen LogP contribution in [0.15, 0.2) is 5.34 Å². The largest absolute Gasteiger partial charge is 0.379 e. The first kappa shape index (κ1) is 16.8. The van der Waals surface area contributed by atoms with Crippen molar-refractivity contribution < 1.29 is 10.4 Å². The summed E-state index contributed by atoms with van der Waals surface area (Å²) in [7, 11) is 0. The average Bonchev–Trinajstić information content (AvgIpc) is 1.78. The van der Waals surface area contributed by atoms with Crippen molar-refractivity contribution in [2.75, 3.05) is 0 Å². The van der Waals surface area contributed by atoms with Crippen LogP contribution in [0.5, 0.6) is 0 Å². The molecule has 0 aromatic carbocycles. The number of hydrogen-bond acceptors (Lipinski definition) is 6. The maximum atomic E-state index is 8.11. The molecule has 0 bridgehead atoms. The fourth-order valence-electron chi connectivity index (χ4n) is 0. The predicted molar refractivity (Wildman–Crippen MR) is 19.6 cm³/mol. The first-order chi connectivity index (χ1) is 3.41. The predicted octanol–water partition coefficient (Wildman–Crippen LogP) is -0.192. The Bertz CT molecular complexity index is 20.9. The van der Waals surface area contributed by atoms with Gasteiger partial charge in [0.25, 0.3) is 0 Å². The molecule has 0 aliphatic carbocycles. The van der Waals surface area contributed by atoms with Gasteiger partial charge in [-0.1, -0.05) is 5.59 Å². The topological polar surface area (TPSA) is 137 Å². The summed E-state index contributed by atoms with van der Waals surface area (Å²) in [6.07, 6.45) is 0. The van der Waals surface area contributed by atoms with Gasteiger partial charge >= 0.3 is 0 Å². The number of hydrogen-bond donors (Lipinski definition) is 4. The summed E-state index contributed by atoms with van der Waals surface area (Å²) >= 11 is 0. The fraction of sp³-hybridized carbons (Fsp3) is 0. The van der Waals surface area contributed by atoms with E-state index in [2.05, 4.69) is 11.5 Å². The Balaban J connectivity index is -0.0000000360. The average molecular weight is 111 g/mol. The number of nitrogens with two attached hydrogens (primary N) is 1. The summed E-state index contributed by atoms with van der Waals surface area (Å²) in [4.78, 5) is 15.6. The van der Waals surface area contributed by atoms with Gasteiger partial charge in [-0.3, -0.25) is 0 Å². The molecule has 0 aliphatic heterocycles. The molecule has 0 atom stereocenters. The monoisotopic (exact) mass is 111 g/mol. The number of nitroso groups, excluding NO2 is 1. The van der Waals surface area contributed by atoms with E-state index < -0.39 is 0 Å². The molecule has 5 N–H and O–H groups in total. The van der Waals surface area contributed by atoms with E-state index >= 15 is 0 Å². The third kappa shape index (κ3) is 36.0. The van der Waals surface area contributed by atoms with E-state index in [0.29, 0.717) is 0 Å². The summed E-state index contributed by atoms with van der Waals surface area (Å²) in [5.74, 6) is 3.50. The van der Waals surface area contributed by atoms with Crippen LogP contribution in [-0.2, 0) is 0 Å². The van der Waals surface area contributed by atoms with E-state index in [9.17, 15) is 0 Å². The molecule has 7 heavy (non-hydrogen) atoms. The summed E-state index contributed by atoms with van der Waals surface area (Å²) in [6.45, 7) is 0. The highest BCUT2D eigenvalue weighted by Crippen LogP contribution is 1.25. The molecule has 0 unspecified atom stereocenters. The first-order valence-electron chi connectivity index (χ1n) is 0.845. The van der Waals surface area contributed by atoms with Crippen molar-refractivity contribution in [1.29, 1.82) is 5.59 Å². The maximum absolute atomic E-state index is 8.11. The first-order valence-corrected chi connectivity index (χ1v) is 0.845. The third-order valence-electron chi connectivity index (χ3n) is 0. The Hall–Kier alpha value is -1.08. The Morgan fingerprint density at radius 1 is 1.43 bits per heavy atom. The van der Waals surface area contributed by atoms with Gasteiger partial charge in [-0.05, 0) is 0 Å². The molecule has 0 saturated heterocycles. The van der Waals surface area contributed by atoms with Crippen LogP contribution < -0.4 is 5.90 Å². The van der Waals surface area contributed by atoms with Gasteiger partial charge in [0.15, 0.2) is 5.34 Å². The molecule has 7 heteroatoms. The second-order valence-electron chi connectivity index (χ2n) is 0.0816. The molecular weight excluding hydrogens is 106 g/mol. The van der Waals surface area contributed by atoms with Crippen LogP contribution >= 0.6 is 0 Å². The Morgan fingerprint density at radius 2 is 1.43 bits per heavy atom. The molecule has 0 fully saturated rings. The van der Waals surface area contributed by atoms with Crippen LogP contribution in [0, 0.1) is 15.4 Å². The second kappa shape index (κ2) is 11800. The molecule has 0 aromatic heterocycles. The molecule has 0 spiro atoms. The Morgan fingerprint density at radius 3 is 1.43 bits per heavy atom. The summed E-state index contributed by atoms with van der Waals surface area (Å²) in [5, 5.41) is 14.4. The molecule has 0 amide bonds. The standard InChI is InChI=1S/HNO2.H3NO.HNO/c2-1-3;2*1-2/h(H,2,3);2H,1H2;1H. The molecule has 44 valence electrons. The maximum Gasteiger partial charge on any atom is 0.152 e. The van der Waals surface area contributed by atoms with Gasteiger partial charge in [-0.25, -0.2) is 5.90 Å². The van der Waals surface area contributed by atoms with Gasteiger partial charge in [-0.2, -0.15) is 4.91 Å². The lowest BCUT2D eigenvalue weighted by Crippen LogP contribution is -1.72. The lowest BCUT2D eigenvalue weighted by atomic mass is 13.4. The summed E-state index contributed by atoms with van der Waals surface area (Å²) < 4.78 is 0. The van der Waals surface area contributed by atoms with Crippen LogP contribution in [-0.4, -0.2) is 10.4 Å². The Kier molecular flexibility index (Phi) is 28400. The minimum Gasteiger partial charge on any atom is -0.379 e. The molecule has 0 saturated carbocycles. The number of nitrogens with zero attached hydrogens (tertiary/aromatic N) is 1. The zero-order valence-electron chi connectivity index (χ0n) is 3.24. The van der Waals surface area contributed by atoms with E-state index in [4.69, 9.17) is 20.2 Å². The summed E-state index contributed by atoms with van der Waals surface area (Å²) in [6, 6.07) is 0. The minimum atomic E-state index is 1.25.